The lowest BCUT2D eigenvalue weighted by atomic mass is 9.78. The Morgan fingerprint density at radius 3 is 2.57 bits per heavy atom. The van der Waals surface area contributed by atoms with Gasteiger partial charge in [0.1, 0.15) is 11.7 Å². The summed E-state index contributed by atoms with van der Waals surface area (Å²) in [4.78, 5) is 18.1. The Morgan fingerprint density at radius 1 is 1.20 bits per heavy atom. The van der Waals surface area contributed by atoms with Gasteiger partial charge >= 0.3 is 0 Å². The van der Waals surface area contributed by atoms with Crippen LogP contribution in [0.4, 0.5) is 5.69 Å². The van der Waals surface area contributed by atoms with Crippen LogP contribution in [0.5, 0.6) is 5.75 Å². The molecule has 0 radical (unpaired) electrons. The van der Waals surface area contributed by atoms with Gasteiger partial charge in [0.15, 0.2) is 0 Å². The summed E-state index contributed by atoms with van der Waals surface area (Å²) >= 11 is 1.60. The van der Waals surface area contributed by atoms with Crippen LogP contribution < -0.4 is 10.1 Å². The van der Waals surface area contributed by atoms with Gasteiger partial charge in [0.25, 0.3) is 5.91 Å². The number of nitrogens with zero attached hydrogens (tertiary/aromatic N) is 2. The lowest BCUT2D eigenvalue weighted by Gasteiger charge is -2.30. The number of carbonyl (C=O) groups excluding carboxylic acids is 1. The van der Waals surface area contributed by atoms with Gasteiger partial charge in [-0.05, 0) is 36.8 Å². The molecular formula is C24H25N3O2S. The average molecular weight is 420 g/mol. The maximum absolute atomic E-state index is 13.4. The highest BCUT2D eigenvalue weighted by Crippen LogP contribution is 2.41. The molecule has 6 heteroatoms. The predicted octanol–water partition coefficient (Wildman–Crippen LogP) is 5.39. The molecule has 0 bridgehead atoms. The first-order valence-corrected chi connectivity index (χ1v) is 10.9. The minimum absolute atomic E-state index is 0.269. The van der Waals surface area contributed by atoms with E-state index in [1.165, 1.54) is 0 Å². The molecule has 0 fully saturated rings. The zero-order valence-electron chi connectivity index (χ0n) is 17.4. The number of nitriles is 1. The molecule has 1 amide bonds. The summed E-state index contributed by atoms with van der Waals surface area (Å²) in [5.41, 5.74) is 2.67. The van der Waals surface area contributed by atoms with E-state index >= 15 is 0 Å². The molecule has 2 aromatic rings. The van der Waals surface area contributed by atoms with Gasteiger partial charge in [-0.25, -0.2) is 4.99 Å². The number of nitrogens with one attached hydrogen (secondary N) is 1. The Morgan fingerprint density at radius 2 is 1.90 bits per heavy atom. The van der Waals surface area contributed by atoms with Crippen LogP contribution in [0.3, 0.4) is 0 Å². The molecule has 1 unspecified atom stereocenters. The van der Waals surface area contributed by atoms with Crippen LogP contribution in [0.25, 0.3) is 0 Å². The number of hydrogen-bond acceptors (Lipinski definition) is 5. The van der Waals surface area contributed by atoms with Crippen LogP contribution in [0.15, 0.2) is 70.9 Å². The maximum Gasteiger partial charge on any atom is 0.254 e. The van der Waals surface area contributed by atoms with Crippen LogP contribution in [0.1, 0.15) is 31.7 Å². The van der Waals surface area contributed by atoms with Gasteiger partial charge in [0, 0.05) is 17.2 Å². The zero-order valence-corrected chi connectivity index (χ0v) is 18.2. The minimum atomic E-state index is -0.508. The van der Waals surface area contributed by atoms with Crippen molar-refractivity contribution in [2.24, 2.45) is 10.9 Å². The Kier molecular flexibility index (Phi) is 7.31. The fourth-order valence-electron chi connectivity index (χ4n) is 3.55. The van der Waals surface area contributed by atoms with Crippen molar-refractivity contribution in [1.82, 2.24) is 0 Å². The third-order valence-electron chi connectivity index (χ3n) is 4.93. The number of amides is 1. The number of para-hydroxylation sites is 2. The highest BCUT2D eigenvalue weighted by molar-refractivity contribution is 8.14. The third-order valence-corrected chi connectivity index (χ3v) is 6.18. The van der Waals surface area contributed by atoms with Crippen molar-refractivity contribution in [3.8, 4) is 11.8 Å². The Bertz CT molecular complexity index is 1010. The summed E-state index contributed by atoms with van der Waals surface area (Å²) in [6, 6.07) is 19.4. The Balaban J connectivity index is 2.06. The SMILES string of the molecule is CCCSC1=NC(C)=C(C(=O)Nc2ccccc2OC)[C@@H](c2ccccc2)C1C#N. The Hall–Kier alpha value is -3.04. The largest absolute Gasteiger partial charge is 0.495 e. The van der Waals surface area contributed by atoms with Crippen molar-refractivity contribution in [3.05, 3.63) is 71.4 Å². The molecule has 0 aromatic heterocycles. The lowest BCUT2D eigenvalue weighted by Crippen LogP contribution is -2.31. The maximum atomic E-state index is 13.4. The van der Waals surface area contributed by atoms with Crippen LogP contribution in [0.2, 0.25) is 0 Å². The molecule has 2 aromatic carbocycles. The monoisotopic (exact) mass is 419 g/mol. The van der Waals surface area contributed by atoms with Gasteiger partial charge in [-0.3, -0.25) is 4.79 Å². The summed E-state index contributed by atoms with van der Waals surface area (Å²) < 4.78 is 5.36. The molecule has 1 heterocycles. The second kappa shape index (κ2) is 10.1. The van der Waals surface area contributed by atoms with Crippen molar-refractivity contribution in [2.45, 2.75) is 26.2 Å². The Labute approximate surface area is 181 Å². The first kappa shape index (κ1) is 21.7. The second-order valence-corrected chi connectivity index (χ2v) is 8.06. The molecule has 154 valence electrons. The minimum Gasteiger partial charge on any atom is -0.495 e. The molecule has 0 saturated heterocycles. The molecule has 3 rings (SSSR count). The van der Waals surface area contributed by atoms with E-state index in [-0.39, 0.29) is 11.8 Å². The highest BCUT2D eigenvalue weighted by Gasteiger charge is 2.38. The second-order valence-electron chi connectivity index (χ2n) is 6.95. The molecule has 1 N–H and O–H groups in total. The number of thioether (sulfide) groups is 1. The molecule has 5 nitrogen and oxygen atoms in total. The standard InChI is InChI=1S/C24H25N3O2S/c1-4-14-30-24-18(15-25)22(17-10-6-5-7-11-17)21(16(2)26-24)23(28)27-19-12-8-9-13-20(19)29-3/h5-13,18,22H,4,14H2,1-3H3,(H,27,28)/t18?,22-/m0/s1. The van der Waals surface area contributed by atoms with Gasteiger partial charge in [-0.2, -0.15) is 5.26 Å². The van der Waals surface area contributed by atoms with E-state index in [0.29, 0.717) is 22.7 Å². The molecule has 0 aliphatic carbocycles. The zero-order chi connectivity index (χ0) is 21.5. The first-order chi connectivity index (χ1) is 14.6. The van der Waals surface area contributed by atoms with Gasteiger partial charge in [-0.1, -0.05) is 49.4 Å². The average Bonchev–Trinajstić information content (AvgIpc) is 2.77. The molecule has 0 saturated carbocycles. The van der Waals surface area contributed by atoms with Gasteiger partial charge in [-0.15, -0.1) is 11.8 Å². The number of aliphatic imine (C=N–C) groups is 1. The quantitative estimate of drug-likeness (QED) is 0.681. The van der Waals surface area contributed by atoms with Crippen molar-refractivity contribution >= 4 is 28.4 Å². The van der Waals surface area contributed by atoms with E-state index in [9.17, 15) is 10.1 Å². The number of carbonyl (C=O) groups is 1. The molecular weight excluding hydrogens is 394 g/mol. The highest BCUT2D eigenvalue weighted by atomic mass is 32.2. The number of anilines is 1. The van der Waals surface area contributed by atoms with E-state index in [0.717, 1.165) is 22.8 Å². The van der Waals surface area contributed by atoms with Gasteiger partial charge in [0.2, 0.25) is 0 Å². The predicted molar refractivity (Wildman–Crippen MR) is 123 cm³/mol. The van der Waals surface area contributed by atoms with E-state index < -0.39 is 5.92 Å². The lowest BCUT2D eigenvalue weighted by molar-refractivity contribution is -0.113. The number of rotatable bonds is 6. The van der Waals surface area contributed by atoms with Crippen LogP contribution in [-0.4, -0.2) is 23.8 Å². The van der Waals surface area contributed by atoms with Crippen molar-refractivity contribution in [1.29, 1.82) is 5.26 Å². The summed E-state index contributed by atoms with van der Waals surface area (Å²) in [5, 5.41) is 13.8. The topological polar surface area (TPSA) is 74.5 Å². The van der Waals surface area contributed by atoms with Crippen LogP contribution in [-0.2, 0) is 4.79 Å². The molecule has 1 aliphatic rings. The fraction of sp³-hybridized carbons (Fsp3) is 0.292. The number of ether oxygens (including phenoxy) is 1. The summed E-state index contributed by atoms with van der Waals surface area (Å²) in [6.07, 6.45) is 0.988. The van der Waals surface area contributed by atoms with Gasteiger partial charge < -0.3 is 10.1 Å². The molecule has 0 spiro atoms. The van der Waals surface area contributed by atoms with E-state index in [1.807, 2.05) is 49.4 Å². The summed E-state index contributed by atoms with van der Waals surface area (Å²) in [6.45, 7) is 3.94. The fourth-order valence-corrected chi connectivity index (χ4v) is 4.53. The van der Waals surface area contributed by atoms with Crippen molar-refractivity contribution in [2.75, 3.05) is 18.2 Å². The first-order valence-electron chi connectivity index (χ1n) is 9.91. The smallest absolute Gasteiger partial charge is 0.254 e. The van der Waals surface area contributed by atoms with Crippen molar-refractivity contribution < 1.29 is 9.53 Å². The molecule has 1 aliphatic heterocycles. The normalized spacial score (nSPS) is 18.4. The summed E-state index contributed by atoms with van der Waals surface area (Å²) in [5.74, 6) is 0.299. The van der Waals surface area contributed by atoms with E-state index in [1.54, 1.807) is 31.0 Å². The van der Waals surface area contributed by atoms with E-state index in [4.69, 9.17) is 4.74 Å². The van der Waals surface area contributed by atoms with Gasteiger partial charge in [0.05, 0.1) is 23.9 Å². The molecule has 2 atom stereocenters. The molecule has 30 heavy (non-hydrogen) atoms. The number of hydrogen-bond donors (Lipinski definition) is 1. The third kappa shape index (κ3) is 4.58. The number of benzene rings is 2. The van der Waals surface area contributed by atoms with Crippen LogP contribution in [0, 0.1) is 17.2 Å². The number of allylic oxidation sites excluding steroid dienone is 1. The van der Waals surface area contributed by atoms with Crippen molar-refractivity contribution in [3.63, 3.8) is 0 Å². The number of methoxy groups -OCH3 is 1. The van der Waals surface area contributed by atoms with E-state index in [2.05, 4.69) is 23.3 Å². The summed E-state index contributed by atoms with van der Waals surface area (Å²) in [7, 11) is 1.57. The van der Waals surface area contributed by atoms with Crippen LogP contribution >= 0.6 is 11.8 Å².